The van der Waals surface area contributed by atoms with Crippen molar-refractivity contribution >= 4 is 44.7 Å². The van der Waals surface area contributed by atoms with Gasteiger partial charge in [-0.1, -0.05) is 18.2 Å². The molecule has 3 aromatic heterocycles. The first-order chi connectivity index (χ1) is 20.2. The summed E-state index contributed by atoms with van der Waals surface area (Å²) in [7, 11) is 6.16. The summed E-state index contributed by atoms with van der Waals surface area (Å²) in [5.74, 6) is 0.417. The Hall–Kier alpha value is -5.48. The van der Waals surface area contributed by atoms with Crippen LogP contribution in [0, 0.1) is 18.3 Å². The van der Waals surface area contributed by atoms with Crippen molar-refractivity contribution in [1.29, 1.82) is 5.26 Å². The number of carbonyl (C=O) groups excluding carboxylic acids is 1. The molecule has 42 heavy (non-hydrogen) atoms. The number of thiophene rings is 1. The van der Waals surface area contributed by atoms with E-state index >= 15 is 0 Å². The summed E-state index contributed by atoms with van der Waals surface area (Å²) >= 11 is 1.000. The lowest BCUT2D eigenvalue weighted by Crippen LogP contribution is -2.22. The quantitative estimate of drug-likeness (QED) is 0.254. The second kappa shape index (κ2) is 10.8. The number of methoxy groups -OCH3 is 3. The lowest BCUT2D eigenvalue weighted by molar-refractivity contribution is 0.103. The molecular formula is C29H27N7O5S. The van der Waals surface area contributed by atoms with Crippen LogP contribution in [-0.4, -0.2) is 41.6 Å². The first-order valence-corrected chi connectivity index (χ1v) is 13.4. The summed E-state index contributed by atoms with van der Waals surface area (Å²) in [6.07, 6.45) is 0. The van der Waals surface area contributed by atoms with Crippen LogP contribution in [0.15, 0.2) is 47.3 Å². The first kappa shape index (κ1) is 28.1. The van der Waals surface area contributed by atoms with E-state index in [0.717, 1.165) is 11.3 Å². The van der Waals surface area contributed by atoms with Crippen LogP contribution in [0.3, 0.4) is 0 Å². The van der Waals surface area contributed by atoms with Crippen LogP contribution in [0.1, 0.15) is 20.9 Å². The Morgan fingerprint density at radius 1 is 1.07 bits per heavy atom. The minimum atomic E-state index is -0.602. The van der Waals surface area contributed by atoms with Crippen LogP contribution in [0.25, 0.3) is 27.0 Å². The normalized spacial score (nSPS) is 10.9. The van der Waals surface area contributed by atoms with Crippen LogP contribution in [-0.2, 0) is 7.05 Å². The fourth-order valence-corrected chi connectivity index (χ4v) is 5.86. The molecule has 0 bridgehead atoms. The number of nitriles is 1. The zero-order valence-corrected chi connectivity index (χ0v) is 24.3. The number of amides is 1. The van der Waals surface area contributed by atoms with Crippen LogP contribution < -0.4 is 36.6 Å². The van der Waals surface area contributed by atoms with Gasteiger partial charge in [-0.15, -0.1) is 11.3 Å². The van der Waals surface area contributed by atoms with Gasteiger partial charge in [-0.25, -0.2) is 9.67 Å². The number of aromatic nitrogens is 3. The Kier molecular flexibility index (Phi) is 7.24. The molecule has 0 saturated heterocycles. The van der Waals surface area contributed by atoms with Gasteiger partial charge >= 0.3 is 0 Å². The summed E-state index contributed by atoms with van der Waals surface area (Å²) in [5, 5.41) is 13.1. The van der Waals surface area contributed by atoms with Crippen LogP contribution in [0.5, 0.6) is 17.2 Å². The number of pyridine rings is 1. The lowest BCUT2D eigenvalue weighted by Gasteiger charge is -2.16. The molecule has 13 heteroatoms. The fraction of sp³-hybridized carbons (Fsp3) is 0.172. The molecule has 0 spiro atoms. The summed E-state index contributed by atoms with van der Waals surface area (Å²) in [4.78, 5) is 31.8. The molecule has 0 aliphatic rings. The maximum Gasteiger partial charge on any atom is 0.295 e. The molecule has 5 aromatic rings. The largest absolute Gasteiger partial charge is 0.493 e. The molecule has 5 rings (SSSR count). The molecule has 2 aromatic carbocycles. The third-order valence-corrected chi connectivity index (χ3v) is 8.07. The maximum absolute atomic E-state index is 13.6. The molecule has 0 unspecified atom stereocenters. The van der Waals surface area contributed by atoms with Crippen molar-refractivity contribution in [2.45, 2.75) is 6.92 Å². The second-order valence-corrected chi connectivity index (χ2v) is 10.2. The SMILES string of the molecule is COc1cc(-c2c(C#N)c(N)nc3sc(C(=O)Nc4c(C)n(C)n(-c5ccccc5)c4=O)c(N)c23)cc(OC)c1OC. The third-order valence-electron chi connectivity index (χ3n) is 6.97. The van der Waals surface area contributed by atoms with Gasteiger partial charge in [0.2, 0.25) is 5.75 Å². The number of benzene rings is 2. The van der Waals surface area contributed by atoms with E-state index in [1.54, 1.807) is 42.9 Å². The molecular weight excluding hydrogens is 558 g/mol. The Bertz CT molecular complexity index is 1940. The third kappa shape index (κ3) is 4.34. The van der Waals surface area contributed by atoms with Gasteiger partial charge in [0.1, 0.15) is 32.8 Å². The molecule has 0 atom stereocenters. The molecule has 5 N–H and O–H groups in total. The second-order valence-electron chi connectivity index (χ2n) is 9.19. The molecule has 1 amide bonds. The fourth-order valence-electron chi connectivity index (χ4n) is 4.85. The van der Waals surface area contributed by atoms with Gasteiger partial charge in [0.15, 0.2) is 11.5 Å². The smallest absolute Gasteiger partial charge is 0.295 e. The van der Waals surface area contributed by atoms with Gasteiger partial charge < -0.3 is 31.0 Å². The standard InChI is InChI=1S/C29H27N7O5S/c1-14-23(29(38)36(35(14)2)16-9-7-6-8-10-16)33-27(37)25-22(31)21-20(17(13-30)26(32)34-28(21)42-25)15-11-18(39-3)24(41-5)19(12-15)40-4/h6-12H,31H2,1-5H3,(H2,32,34)(H,33,37). The summed E-state index contributed by atoms with van der Waals surface area (Å²) in [5.41, 5.74) is 14.7. The van der Waals surface area contributed by atoms with Crippen molar-refractivity contribution in [3.63, 3.8) is 0 Å². The molecule has 0 saturated carbocycles. The van der Waals surface area contributed by atoms with Crippen molar-refractivity contribution in [3.05, 3.63) is 69.0 Å². The van der Waals surface area contributed by atoms with E-state index in [2.05, 4.69) is 16.4 Å². The summed E-state index contributed by atoms with van der Waals surface area (Å²) in [6, 6.07) is 14.5. The monoisotopic (exact) mass is 585 g/mol. The van der Waals surface area contributed by atoms with E-state index in [4.69, 9.17) is 25.7 Å². The number of anilines is 3. The average Bonchev–Trinajstić information content (AvgIpc) is 3.43. The Balaban J connectivity index is 1.67. The minimum Gasteiger partial charge on any atom is -0.493 e. The highest BCUT2D eigenvalue weighted by atomic mass is 32.1. The van der Waals surface area contributed by atoms with Gasteiger partial charge in [-0.2, -0.15) is 5.26 Å². The zero-order valence-electron chi connectivity index (χ0n) is 23.4. The highest BCUT2D eigenvalue weighted by Gasteiger charge is 2.27. The van der Waals surface area contributed by atoms with Crippen LogP contribution >= 0.6 is 11.3 Å². The van der Waals surface area contributed by atoms with E-state index in [9.17, 15) is 14.9 Å². The van der Waals surface area contributed by atoms with E-state index in [1.165, 1.54) is 26.0 Å². The topological polar surface area (TPSA) is 172 Å². The number of rotatable bonds is 7. The van der Waals surface area contributed by atoms with Crippen LogP contribution in [0.4, 0.5) is 17.2 Å². The van der Waals surface area contributed by atoms with Crippen molar-refractivity contribution in [1.82, 2.24) is 14.3 Å². The van der Waals surface area contributed by atoms with Gasteiger partial charge in [-0.05, 0) is 36.8 Å². The highest BCUT2D eigenvalue weighted by Crippen LogP contribution is 2.47. The number of hydrogen-bond donors (Lipinski definition) is 3. The summed E-state index contributed by atoms with van der Waals surface area (Å²) < 4.78 is 19.6. The number of nitrogens with zero attached hydrogens (tertiary/aromatic N) is 4. The first-order valence-electron chi connectivity index (χ1n) is 12.5. The van der Waals surface area contributed by atoms with Gasteiger partial charge in [0.25, 0.3) is 11.5 Å². The number of ether oxygens (including phenoxy) is 3. The highest BCUT2D eigenvalue weighted by molar-refractivity contribution is 7.21. The van der Waals surface area contributed by atoms with E-state index in [1.807, 2.05) is 18.2 Å². The number of nitrogens with one attached hydrogen (secondary N) is 1. The molecule has 12 nitrogen and oxygen atoms in total. The summed E-state index contributed by atoms with van der Waals surface area (Å²) in [6.45, 7) is 1.73. The van der Waals surface area contributed by atoms with Crippen LogP contribution in [0.2, 0.25) is 0 Å². The van der Waals surface area contributed by atoms with Crippen molar-refractivity contribution in [3.8, 4) is 40.1 Å². The average molecular weight is 586 g/mol. The van der Waals surface area contributed by atoms with Gasteiger partial charge in [0.05, 0.1) is 38.4 Å². The molecule has 3 heterocycles. The minimum absolute atomic E-state index is 0.0355. The molecule has 0 aliphatic carbocycles. The Morgan fingerprint density at radius 2 is 1.71 bits per heavy atom. The molecule has 214 valence electrons. The number of para-hydroxylation sites is 1. The maximum atomic E-state index is 13.6. The Labute approximate surface area is 244 Å². The zero-order chi connectivity index (χ0) is 30.3. The number of carbonyl (C=O) groups is 1. The lowest BCUT2D eigenvalue weighted by atomic mass is 9.96. The molecule has 0 aliphatic heterocycles. The molecule has 0 radical (unpaired) electrons. The van der Waals surface area contributed by atoms with E-state index in [0.29, 0.717) is 50.0 Å². The van der Waals surface area contributed by atoms with Gasteiger partial charge in [0, 0.05) is 18.0 Å². The van der Waals surface area contributed by atoms with Crippen molar-refractivity contribution in [2.24, 2.45) is 7.05 Å². The predicted octanol–water partition coefficient (Wildman–Crippen LogP) is 4.08. The number of fused-ring (bicyclic) bond motifs is 1. The van der Waals surface area contributed by atoms with E-state index < -0.39 is 11.5 Å². The van der Waals surface area contributed by atoms with Gasteiger partial charge in [-0.3, -0.25) is 14.3 Å². The molecule has 0 fully saturated rings. The predicted molar refractivity (Wildman–Crippen MR) is 162 cm³/mol. The van der Waals surface area contributed by atoms with E-state index in [-0.39, 0.29) is 27.6 Å². The van der Waals surface area contributed by atoms with Crippen molar-refractivity contribution < 1.29 is 19.0 Å². The number of nitrogen functional groups attached to an aromatic ring is 2. The number of hydrogen-bond acceptors (Lipinski definition) is 10. The number of nitrogens with two attached hydrogens (primary N) is 2. The van der Waals surface area contributed by atoms with Crippen molar-refractivity contribution in [2.75, 3.05) is 38.1 Å². The Morgan fingerprint density at radius 3 is 2.29 bits per heavy atom.